The summed E-state index contributed by atoms with van der Waals surface area (Å²) in [5, 5.41) is 14.7. The van der Waals surface area contributed by atoms with Crippen molar-refractivity contribution in [2.45, 2.75) is 18.0 Å². The molecule has 5 rings (SSSR count). The second-order valence-electron chi connectivity index (χ2n) is 9.65. The number of esters is 1. The van der Waals surface area contributed by atoms with E-state index in [4.69, 9.17) is 14.2 Å². The highest BCUT2D eigenvalue weighted by atomic mass is 16.6. The number of non-ortho nitro benzene ring substituents is 1. The molecule has 0 saturated carbocycles. The van der Waals surface area contributed by atoms with E-state index in [9.17, 15) is 24.5 Å². The van der Waals surface area contributed by atoms with Gasteiger partial charge in [0.05, 0.1) is 49.8 Å². The molecule has 4 unspecified atom stereocenters. The first kappa shape index (κ1) is 26.8. The van der Waals surface area contributed by atoms with Crippen molar-refractivity contribution in [2.75, 3.05) is 26.2 Å². The van der Waals surface area contributed by atoms with E-state index >= 15 is 0 Å². The molecule has 4 atom stereocenters. The number of methoxy groups -OCH3 is 3. The topological polar surface area (TPSA) is 137 Å². The molecule has 2 fully saturated rings. The minimum atomic E-state index is -1.58. The molecule has 3 aromatic rings. The Labute approximate surface area is 229 Å². The zero-order chi connectivity index (χ0) is 28.6. The molecule has 0 bridgehead atoms. The monoisotopic (exact) mass is 545 g/mol. The zero-order valence-electron chi connectivity index (χ0n) is 22.0. The van der Waals surface area contributed by atoms with Gasteiger partial charge in [0.1, 0.15) is 17.0 Å². The lowest BCUT2D eigenvalue weighted by atomic mass is 9.76. The van der Waals surface area contributed by atoms with Crippen molar-refractivity contribution in [1.82, 2.24) is 5.32 Å². The van der Waals surface area contributed by atoms with E-state index in [-0.39, 0.29) is 23.5 Å². The van der Waals surface area contributed by atoms with Crippen LogP contribution in [0.25, 0.3) is 0 Å². The minimum Gasteiger partial charge on any atom is -0.497 e. The molecular formula is C29H27N3O8. The number of imide groups is 1. The number of carbonyl (C=O) groups is 3. The summed E-state index contributed by atoms with van der Waals surface area (Å²) < 4.78 is 15.9. The molecule has 1 N–H and O–H groups in total. The third-order valence-corrected chi connectivity index (χ3v) is 7.62. The Bertz CT molecular complexity index is 1480. The summed E-state index contributed by atoms with van der Waals surface area (Å²) in [4.78, 5) is 53.7. The summed E-state index contributed by atoms with van der Waals surface area (Å²) in [6.07, 6.45) is 0.0819. The van der Waals surface area contributed by atoms with Crippen molar-refractivity contribution in [2.24, 2.45) is 11.8 Å². The lowest BCUT2D eigenvalue weighted by Gasteiger charge is -2.33. The Kier molecular flexibility index (Phi) is 6.99. The van der Waals surface area contributed by atoms with Gasteiger partial charge in [0.25, 0.3) is 5.69 Å². The molecule has 11 nitrogen and oxygen atoms in total. The van der Waals surface area contributed by atoms with E-state index in [2.05, 4.69) is 5.32 Å². The van der Waals surface area contributed by atoms with Crippen molar-refractivity contribution >= 4 is 29.2 Å². The molecule has 2 saturated heterocycles. The van der Waals surface area contributed by atoms with Crippen LogP contribution in [0.5, 0.6) is 11.5 Å². The number of ether oxygens (including phenoxy) is 3. The molecule has 3 aromatic carbocycles. The lowest BCUT2D eigenvalue weighted by Crippen LogP contribution is -2.57. The predicted octanol–water partition coefficient (Wildman–Crippen LogP) is 3.22. The normalized spacial score (nSPS) is 23.6. The largest absolute Gasteiger partial charge is 0.497 e. The van der Waals surface area contributed by atoms with E-state index in [1.165, 1.54) is 33.5 Å². The van der Waals surface area contributed by atoms with Gasteiger partial charge in [-0.3, -0.25) is 29.8 Å². The highest BCUT2D eigenvalue weighted by Crippen LogP contribution is 2.52. The number of nitrogens with zero attached hydrogens (tertiary/aromatic N) is 2. The third-order valence-electron chi connectivity index (χ3n) is 7.62. The third kappa shape index (κ3) is 4.24. The van der Waals surface area contributed by atoms with Gasteiger partial charge in [-0.15, -0.1) is 0 Å². The number of carbonyl (C=O) groups excluding carboxylic acids is 3. The number of amides is 2. The molecule has 206 valence electrons. The quantitative estimate of drug-likeness (QED) is 0.196. The van der Waals surface area contributed by atoms with Crippen molar-refractivity contribution in [3.8, 4) is 11.5 Å². The standard InChI is InChI=1S/C29H27N3O8/c1-38-20-12-9-18(10-13-20)25-23-24(29(30-25,28(35)40-3)16-17-7-5-4-6-8-17)27(34)31(26(23)33)21-14-11-19(32(36)37)15-22(21)39-2/h4-15,23-25,30H,16H2,1-3H3. The molecule has 2 amide bonds. The van der Waals surface area contributed by atoms with Gasteiger partial charge in [0, 0.05) is 18.5 Å². The fourth-order valence-electron chi connectivity index (χ4n) is 5.83. The number of nitro groups is 1. The van der Waals surface area contributed by atoms with E-state index in [1.807, 2.05) is 30.3 Å². The Morgan fingerprint density at radius 2 is 1.68 bits per heavy atom. The van der Waals surface area contributed by atoms with Gasteiger partial charge in [-0.05, 0) is 29.3 Å². The Hall–Kier alpha value is -4.77. The maximum atomic E-state index is 14.2. The molecule has 11 heteroatoms. The predicted molar refractivity (Wildman–Crippen MR) is 143 cm³/mol. The molecule has 40 heavy (non-hydrogen) atoms. The minimum absolute atomic E-state index is 0.0171. The molecule has 0 spiro atoms. The van der Waals surface area contributed by atoms with Crippen LogP contribution in [0.15, 0.2) is 72.8 Å². The number of benzene rings is 3. The van der Waals surface area contributed by atoms with Crippen molar-refractivity contribution in [3.63, 3.8) is 0 Å². The van der Waals surface area contributed by atoms with Gasteiger partial charge in [-0.25, -0.2) is 4.90 Å². The van der Waals surface area contributed by atoms with Gasteiger partial charge in [-0.2, -0.15) is 0 Å². The fourth-order valence-corrected chi connectivity index (χ4v) is 5.83. The van der Waals surface area contributed by atoms with Crippen LogP contribution >= 0.6 is 0 Å². The van der Waals surface area contributed by atoms with E-state index < -0.39 is 46.1 Å². The average molecular weight is 546 g/mol. The molecule has 0 aliphatic carbocycles. The summed E-state index contributed by atoms with van der Waals surface area (Å²) in [6.45, 7) is 0. The SMILES string of the molecule is COC(=O)C1(Cc2ccccc2)NC(c2ccc(OC)cc2)C2C(=O)N(c3ccc([N+](=O)[O-])cc3OC)C(=O)C21. The van der Waals surface area contributed by atoms with E-state index in [0.717, 1.165) is 16.5 Å². The highest BCUT2D eigenvalue weighted by molar-refractivity contribution is 6.25. The van der Waals surface area contributed by atoms with E-state index in [1.54, 1.807) is 24.3 Å². The molecule has 2 aliphatic heterocycles. The zero-order valence-corrected chi connectivity index (χ0v) is 22.0. The van der Waals surface area contributed by atoms with Gasteiger partial charge in [-0.1, -0.05) is 42.5 Å². The Morgan fingerprint density at radius 3 is 2.27 bits per heavy atom. The molecule has 2 aliphatic rings. The van der Waals surface area contributed by atoms with Crippen LogP contribution < -0.4 is 19.7 Å². The van der Waals surface area contributed by atoms with Crippen molar-refractivity contribution in [1.29, 1.82) is 0 Å². The first-order chi connectivity index (χ1) is 19.2. The average Bonchev–Trinajstić information content (AvgIpc) is 3.45. The van der Waals surface area contributed by atoms with Crippen molar-refractivity contribution in [3.05, 3.63) is 94.0 Å². The van der Waals surface area contributed by atoms with Crippen LogP contribution in [0.1, 0.15) is 17.2 Å². The summed E-state index contributed by atoms with van der Waals surface area (Å²) in [7, 11) is 4.07. The van der Waals surface area contributed by atoms with Crippen LogP contribution in [0.3, 0.4) is 0 Å². The number of rotatable bonds is 8. The van der Waals surface area contributed by atoms with Crippen molar-refractivity contribution < 1.29 is 33.5 Å². The first-order valence-corrected chi connectivity index (χ1v) is 12.5. The van der Waals surface area contributed by atoms with Gasteiger partial charge in [0.15, 0.2) is 0 Å². The number of anilines is 1. The second kappa shape index (κ2) is 10.4. The summed E-state index contributed by atoms with van der Waals surface area (Å²) >= 11 is 0. The van der Waals surface area contributed by atoms with Crippen LogP contribution in [0.2, 0.25) is 0 Å². The first-order valence-electron chi connectivity index (χ1n) is 12.5. The highest BCUT2D eigenvalue weighted by Gasteiger charge is 2.69. The maximum Gasteiger partial charge on any atom is 0.327 e. The second-order valence-corrected chi connectivity index (χ2v) is 9.65. The number of fused-ring (bicyclic) bond motifs is 1. The maximum absolute atomic E-state index is 14.2. The Morgan fingerprint density at radius 1 is 0.975 bits per heavy atom. The summed E-state index contributed by atoms with van der Waals surface area (Å²) in [6, 6.07) is 19.1. The summed E-state index contributed by atoms with van der Waals surface area (Å²) in [5.41, 5.74) is -0.342. The fraction of sp³-hybridized carbons (Fsp3) is 0.276. The lowest BCUT2D eigenvalue weighted by molar-refractivity contribution is -0.384. The van der Waals surface area contributed by atoms with Crippen LogP contribution in [0, 0.1) is 22.0 Å². The molecule has 0 radical (unpaired) electrons. The number of hydrogen-bond acceptors (Lipinski definition) is 9. The number of hydrogen-bond donors (Lipinski definition) is 1. The number of nitrogens with one attached hydrogen (secondary N) is 1. The van der Waals surface area contributed by atoms with Crippen LogP contribution in [-0.4, -0.2) is 49.6 Å². The van der Waals surface area contributed by atoms with Crippen LogP contribution in [0.4, 0.5) is 11.4 Å². The molecular weight excluding hydrogens is 518 g/mol. The smallest absolute Gasteiger partial charge is 0.327 e. The van der Waals surface area contributed by atoms with E-state index in [0.29, 0.717) is 11.3 Å². The molecule has 2 heterocycles. The Balaban J connectivity index is 1.67. The summed E-state index contributed by atoms with van der Waals surface area (Å²) in [5.74, 6) is -3.41. The molecule has 0 aromatic heterocycles. The van der Waals surface area contributed by atoms with Gasteiger partial charge >= 0.3 is 5.97 Å². The van der Waals surface area contributed by atoms with Gasteiger partial charge in [0.2, 0.25) is 11.8 Å². The van der Waals surface area contributed by atoms with Crippen LogP contribution in [-0.2, 0) is 25.5 Å². The van der Waals surface area contributed by atoms with Gasteiger partial charge < -0.3 is 14.2 Å². The number of nitro benzene ring substituents is 1.